The molecule has 0 amide bonds. The van der Waals surface area contributed by atoms with E-state index in [2.05, 4.69) is 0 Å². The summed E-state index contributed by atoms with van der Waals surface area (Å²) >= 11 is 0. The molecular formula is C5H11O3S-. The Morgan fingerprint density at radius 1 is 1.44 bits per heavy atom. The molecular weight excluding hydrogens is 140 g/mol. The number of sulfone groups is 1. The first-order valence-electron chi connectivity index (χ1n) is 2.59. The Balaban J connectivity index is 4.07. The third kappa shape index (κ3) is 7.91. The van der Waals surface area contributed by atoms with Gasteiger partial charge in [-0.15, -0.1) is 5.60 Å². The van der Waals surface area contributed by atoms with Gasteiger partial charge < -0.3 is 5.11 Å². The highest BCUT2D eigenvalue weighted by Crippen LogP contribution is 1.99. The Morgan fingerprint density at radius 3 is 1.78 bits per heavy atom. The molecule has 0 aromatic rings. The molecule has 0 aliphatic heterocycles. The molecule has 0 atom stereocenters. The van der Waals surface area contributed by atoms with Crippen LogP contribution in [0.1, 0.15) is 13.8 Å². The zero-order valence-corrected chi connectivity index (χ0v) is 6.66. The lowest BCUT2D eigenvalue weighted by atomic mass is 10.2. The molecule has 3 nitrogen and oxygen atoms in total. The number of hydrogen-bond donors (Lipinski definition) is 0. The summed E-state index contributed by atoms with van der Waals surface area (Å²) in [5.74, 6) is -0.292. The lowest BCUT2D eigenvalue weighted by molar-refractivity contribution is -0.457. The molecule has 0 N–H and O–H groups in total. The van der Waals surface area contributed by atoms with Crippen LogP contribution in [0.15, 0.2) is 0 Å². The lowest BCUT2D eigenvalue weighted by Crippen LogP contribution is -2.43. The van der Waals surface area contributed by atoms with Crippen molar-refractivity contribution in [3.05, 3.63) is 0 Å². The van der Waals surface area contributed by atoms with E-state index >= 15 is 0 Å². The van der Waals surface area contributed by atoms with Gasteiger partial charge in [0.05, 0.1) is 0 Å². The van der Waals surface area contributed by atoms with Crippen molar-refractivity contribution < 1.29 is 13.5 Å². The van der Waals surface area contributed by atoms with E-state index in [1.807, 2.05) is 0 Å². The molecule has 0 spiro atoms. The standard InChI is InChI=1S/C5H11O3S/c1-5(2,6)4-9(3,7)8/h4H2,1-3H3/q-1. The smallest absolute Gasteiger partial charge is 0.146 e. The van der Waals surface area contributed by atoms with E-state index in [0.717, 1.165) is 6.26 Å². The van der Waals surface area contributed by atoms with Gasteiger partial charge in [0, 0.05) is 12.0 Å². The number of rotatable bonds is 2. The van der Waals surface area contributed by atoms with Crippen molar-refractivity contribution in [1.29, 1.82) is 0 Å². The minimum absolute atomic E-state index is 0.292. The van der Waals surface area contributed by atoms with Crippen molar-refractivity contribution in [3.8, 4) is 0 Å². The molecule has 0 aromatic heterocycles. The summed E-state index contributed by atoms with van der Waals surface area (Å²) in [5, 5.41) is 10.7. The van der Waals surface area contributed by atoms with Crippen LogP contribution in [0.4, 0.5) is 0 Å². The molecule has 0 saturated heterocycles. The maximum absolute atomic E-state index is 10.7. The van der Waals surface area contributed by atoms with Gasteiger partial charge in [0.25, 0.3) is 0 Å². The molecule has 56 valence electrons. The second kappa shape index (κ2) is 2.27. The quantitative estimate of drug-likeness (QED) is 0.517. The average molecular weight is 151 g/mol. The van der Waals surface area contributed by atoms with Crippen LogP contribution in [0.25, 0.3) is 0 Å². The summed E-state index contributed by atoms with van der Waals surface area (Å²) in [6, 6.07) is 0. The SMILES string of the molecule is CC(C)([O-])CS(C)(=O)=O. The molecule has 0 unspecified atom stereocenters. The van der Waals surface area contributed by atoms with Gasteiger partial charge in [0.2, 0.25) is 0 Å². The van der Waals surface area contributed by atoms with Gasteiger partial charge in [0.15, 0.2) is 0 Å². The summed E-state index contributed by atoms with van der Waals surface area (Å²) < 4.78 is 20.9. The highest BCUT2D eigenvalue weighted by Gasteiger charge is 2.09. The van der Waals surface area contributed by atoms with Crippen molar-refractivity contribution in [1.82, 2.24) is 0 Å². The largest absolute Gasteiger partial charge is 0.849 e. The average Bonchev–Trinajstić information content (AvgIpc) is 1.14. The molecule has 0 rings (SSSR count). The maximum Gasteiger partial charge on any atom is 0.146 e. The number of hydrogen-bond acceptors (Lipinski definition) is 3. The van der Waals surface area contributed by atoms with E-state index in [4.69, 9.17) is 0 Å². The van der Waals surface area contributed by atoms with E-state index < -0.39 is 15.4 Å². The van der Waals surface area contributed by atoms with E-state index in [0.29, 0.717) is 0 Å². The van der Waals surface area contributed by atoms with Crippen molar-refractivity contribution >= 4 is 9.84 Å². The summed E-state index contributed by atoms with van der Waals surface area (Å²) in [6.07, 6.45) is 1.06. The van der Waals surface area contributed by atoms with Gasteiger partial charge >= 0.3 is 0 Å². The predicted octanol–water partition coefficient (Wildman–Crippen LogP) is -0.830. The molecule has 9 heavy (non-hydrogen) atoms. The van der Waals surface area contributed by atoms with Crippen molar-refractivity contribution in [2.45, 2.75) is 19.4 Å². The van der Waals surface area contributed by atoms with Crippen molar-refractivity contribution in [2.75, 3.05) is 12.0 Å². The predicted molar refractivity (Wildman–Crippen MR) is 33.8 cm³/mol. The molecule has 0 heterocycles. The minimum Gasteiger partial charge on any atom is -0.849 e. The summed E-state index contributed by atoms with van der Waals surface area (Å²) in [4.78, 5) is 0. The summed E-state index contributed by atoms with van der Waals surface area (Å²) in [6.45, 7) is 2.71. The lowest BCUT2D eigenvalue weighted by Gasteiger charge is -2.29. The normalized spacial score (nSPS) is 13.8. The highest BCUT2D eigenvalue weighted by atomic mass is 32.2. The topological polar surface area (TPSA) is 57.2 Å². The molecule has 0 aromatic carbocycles. The monoisotopic (exact) mass is 151 g/mol. The van der Waals surface area contributed by atoms with Crippen molar-refractivity contribution in [2.24, 2.45) is 0 Å². The van der Waals surface area contributed by atoms with E-state index in [1.54, 1.807) is 0 Å². The zero-order valence-electron chi connectivity index (χ0n) is 5.84. The van der Waals surface area contributed by atoms with Gasteiger partial charge in [-0.05, 0) is 0 Å². The van der Waals surface area contributed by atoms with Crippen LogP contribution in [-0.4, -0.2) is 26.0 Å². The third-order valence-electron chi connectivity index (χ3n) is 0.610. The zero-order chi connectivity index (χ0) is 7.71. The van der Waals surface area contributed by atoms with Gasteiger partial charge in [-0.1, -0.05) is 13.8 Å². The van der Waals surface area contributed by atoms with Gasteiger partial charge in [-0.25, -0.2) is 8.42 Å². The van der Waals surface area contributed by atoms with Crippen LogP contribution in [0.3, 0.4) is 0 Å². The van der Waals surface area contributed by atoms with Crippen LogP contribution in [-0.2, 0) is 9.84 Å². The molecule has 0 fully saturated rings. The first-order valence-corrected chi connectivity index (χ1v) is 4.65. The van der Waals surface area contributed by atoms with Crippen LogP contribution in [0, 0.1) is 0 Å². The van der Waals surface area contributed by atoms with Crippen LogP contribution in [0.5, 0.6) is 0 Å². The first-order chi connectivity index (χ1) is 3.71. The van der Waals surface area contributed by atoms with E-state index in [9.17, 15) is 13.5 Å². The van der Waals surface area contributed by atoms with E-state index in [-0.39, 0.29) is 5.75 Å². The summed E-state index contributed by atoms with van der Waals surface area (Å²) in [5.41, 5.74) is -1.35. The second-order valence-electron chi connectivity index (χ2n) is 2.83. The van der Waals surface area contributed by atoms with E-state index in [1.165, 1.54) is 13.8 Å². The maximum atomic E-state index is 10.7. The molecule has 4 heteroatoms. The van der Waals surface area contributed by atoms with Gasteiger partial charge in [-0.2, -0.15) is 0 Å². The molecule has 0 aliphatic rings. The fraction of sp³-hybridized carbons (Fsp3) is 1.00. The van der Waals surface area contributed by atoms with Crippen LogP contribution in [0.2, 0.25) is 0 Å². The minimum atomic E-state index is -3.09. The Hall–Kier alpha value is -0.0900. The van der Waals surface area contributed by atoms with Crippen molar-refractivity contribution in [3.63, 3.8) is 0 Å². The molecule has 0 radical (unpaired) electrons. The fourth-order valence-corrected chi connectivity index (χ4v) is 1.89. The molecule has 0 bridgehead atoms. The van der Waals surface area contributed by atoms with Gasteiger partial charge in [0.1, 0.15) is 9.84 Å². The highest BCUT2D eigenvalue weighted by molar-refractivity contribution is 7.90. The van der Waals surface area contributed by atoms with Crippen LogP contribution < -0.4 is 5.11 Å². The second-order valence-corrected chi connectivity index (χ2v) is 4.97. The Bertz CT molecular complexity index is 173. The summed E-state index contributed by atoms with van der Waals surface area (Å²) in [7, 11) is -3.09. The Kier molecular flexibility index (Phi) is 2.24. The third-order valence-corrected chi connectivity index (χ3v) is 1.83. The Morgan fingerprint density at radius 2 is 1.78 bits per heavy atom. The van der Waals surface area contributed by atoms with Gasteiger partial charge in [-0.3, -0.25) is 0 Å². The van der Waals surface area contributed by atoms with Crippen LogP contribution >= 0.6 is 0 Å². The molecule has 0 saturated carbocycles. The Labute approximate surface area is 55.6 Å². The molecule has 0 aliphatic carbocycles. The fourth-order valence-electron chi connectivity index (χ4n) is 0.631. The first kappa shape index (κ1) is 8.91.